The van der Waals surface area contributed by atoms with Crippen LogP contribution in [0.4, 0.5) is 16.2 Å². The highest BCUT2D eigenvalue weighted by molar-refractivity contribution is 5.89. The van der Waals surface area contributed by atoms with E-state index in [-0.39, 0.29) is 6.03 Å². The average Bonchev–Trinajstić information content (AvgIpc) is 2.28. The molecule has 2 rings (SSSR count). The lowest BCUT2D eigenvalue weighted by atomic mass is 10.0. The third-order valence-corrected chi connectivity index (χ3v) is 2.70. The SMILES string of the molecule is CN(C)C(=O)Nc1ccc2c(c1)CCCN2. The number of amides is 2. The number of aryl methyl sites for hydroxylation is 1. The Morgan fingerprint density at radius 3 is 3.00 bits per heavy atom. The molecule has 0 aliphatic carbocycles. The molecule has 0 spiro atoms. The quantitative estimate of drug-likeness (QED) is 0.760. The molecule has 2 amide bonds. The molecule has 0 fully saturated rings. The minimum Gasteiger partial charge on any atom is -0.385 e. The highest BCUT2D eigenvalue weighted by atomic mass is 16.2. The molecule has 4 nitrogen and oxygen atoms in total. The van der Waals surface area contributed by atoms with E-state index in [0.29, 0.717) is 0 Å². The molecule has 1 aliphatic heterocycles. The smallest absolute Gasteiger partial charge is 0.321 e. The molecule has 0 atom stereocenters. The summed E-state index contributed by atoms with van der Waals surface area (Å²) in [7, 11) is 3.46. The van der Waals surface area contributed by atoms with Crippen molar-refractivity contribution in [3.63, 3.8) is 0 Å². The maximum absolute atomic E-state index is 11.5. The molecule has 1 heterocycles. The summed E-state index contributed by atoms with van der Waals surface area (Å²) in [6, 6.07) is 5.91. The van der Waals surface area contributed by atoms with Gasteiger partial charge >= 0.3 is 6.03 Å². The van der Waals surface area contributed by atoms with Gasteiger partial charge in [0.1, 0.15) is 0 Å². The van der Waals surface area contributed by atoms with E-state index in [9.17, 15) is 4.79 Å². The Kier molecular flexibility index (Phi) is 2.99. The van der Waals surface area contributed by atoms with Crippen molar-refractivity contribution in [2.75, 3.05) is 31.3 Å². The molecule has 1 aromatic carbocycles. The zero-order chi connectivity index (χ0) is 11.5. The van der Waals surface area contributed by atoms with Gasteiger partial charge in [-0.25, -0.2) is 4.79 Å². The van der Waals surface area contributed by atoms with Gasteiger partial charge in [-0.3, -0.25) is 0 Å². The lowest BCUT2D eigenvalue weighted by Gasteiger charge is -2.19. The zero-order valence-electron chi connectivity index (χ0n) is 9.71. The molecule has 0 aromatic heterocycles. The highest BCUT2D eigenvalue weighted by Crippen LogP contribution is 2.25. The number of rotatable bonds is 1. The van der Waals surface area contributed by atoms with Crippen LogP contribution in [0, 0.1) is 0 Å². The normalized spacial score (nSPS) is 13.6. The summed E-state index contributed by atoms with van der Waals surface area (Å²) in [5.41, 5.74) is 3.33. The third-order valence-electron chi connectivity index (χ3n) is 2.70. The summed E-state index contributed by atoms with van der Waals surface area (Å²) in [5, 5.41) is 6.19. The van der Waals surface area contributed by atoms with E-state index >= 15 is 0 Å². The summed E-state index contributed by atoms with van der Waals surface area (Å²) >= 11 is 0. The first kappa shape index (κ1) is 10.8. The average molecular weight is 219 g/mol. The molecule has 4 heteroatoms. The van der Waals surface area contributed by atoms with Crippen molar-refractivity contribution < 1.29 is 4.79 Å². The predicted molar refractivity (Wildman–Crippen MR) is 66.0 cm³/mol. The number of nitrogens with one attached hydrogen (secondary N) is 2. The van der Waals surface area contributed by atoms with Crippen molar-refractivity contribution in [1.82, 2.24) is 4.90 Å². The number of fused-ring (bicyclic) bond motifs is 1. The van der Waals surface area contributed by atoms with E-state index < -0.39 is 0 Å². The van der Waals surface area contributed by atoms with Crippen LogP contribution in [-0.4, -0.2) is 31.6 Å². The summed E-state index contributed by atoms with van der Waals surface area (Å²) in [5.74, 6) is 0. The van der Waals surface area contributed by atoms with Crippen molar-refractivity contribution in [3.05, 3.63) is 23.8 Å². The van der Waals surface area contributed by atoms with E-state index in [1.807, 2.05) is 18.2 Å². The zero-order valence-corrected chi connectivity index (χ0v) is 9.71. The molecule has 1 aromatic rings. The van der Waals surface area contributed by atoms with Crippen LogP contribution in [0.2, 0.25) is 0 Å². The molecule has 1 aliphatic rings. The fraction of sp³-hybridized carbons (Fsp3) is 0.417. The van der Waals surface area contributed by atoms with Crippen molar-refractivity contribution in [3.8, 4) is 0 Å². The largest absolute Gasteiger partial charge is 0.385 e. The fourth-order valence-electron chi connectivity index (χ4n) is 1.79. The van der Waals surface area contributed by atoms with Crippen molar-refractivity contribution in [2.24, 2.45) is 0 Å². The molecule has 2 N–H and O–H groups in total. The van der Waals surface area contributed by atoms with Gasteiger partial charge in [-0.15, -0.1) is 0 Å². The number of carbonyl (C=O) groups excluding carboxylic acids is 1. The van der Waals surface area contributed by atoms with Gasteiger partial charge in [0.25, 0.3) is 0 Å². The van der Waals surface area contributed by atoms with Crippen LogP contribution in [0.3, 0.4) is 0 Å². The molecule has 0 unspecified atom stereocenters. The molecule has 0 bridgehead atoms. The number of benzene rings is 1. The van der Waals surface area contributed by atoms with Crippen LogP contribution >= 0.6 is 0 Å². The van der Waals surface area contributed by atoms with Gasteiger partial charge < -0.3 is 15.5 Å². The molecule has 86 valence electrons. The van der Waals surface area contributed by atoms with Gasteiger partial charge in [-0.05, 0) is 36.6 Å². The lowest BCUT2D eigenvalue weighted by Crippen LogP contribution is -2.27. The van der Waals surface area contributed by atoms with Gasteiger partial charge in [0, 0.05) is 32.0 Å². The lowest BCUT2D eigenvalue weighted by molar-refractivity contribution is 0.230. The molecule has 0 saturated heterocycles. The summed E-state index contributed by atoms with van der Waals surface area (Å²) < 4.78 is 0. The Balaban J connectivity index is 2.14. The maximum Gasteiger partial charge on any atom is 0.321 e. The summed E-state index contributed by atoms with van der Waals surface area (Å²) in [4.78, 5) is 13.0. The van der Waals surface area contributed by atoms with E-state index in [0.717, 1.165) is 25.1 Å². The summed E-state index contributed by atoms with van der Waals surface area (Å²) in [6.07, 6.45) is 2.23. The van der Waals surface area contributed by atoms with Gasteiger partial charge in [0.2, 0.25) is 0 Å². The van der Waals surface area contributed by atoms with E-state index in [4.69, 9.17) is 0 Å². The number of nitrogens with zero attached hydrogens (tertiary/aromatic N) is 1. The minimum atomic E-state index is -0.0938. The van der Waals surface area contributed by atoms with Crippen molar-refractivity contribution in [2.45, 2.75) is 12.8 Å². The van der Waals surface area contributed by atoms with Crippen molar-refractivity contribution >= 4 is 17.4 Å². The first-order chi connectivity index (χ1) is 7.66. The molecular weight excluding hydrogens is 202 g/mol. The Labute approximate surface area is 95.6 Å². The molecule has 0 saturated carbocycles. The number of hydrogen-bond donors (Lipinski definition) is 2. The third kappa shape index (κ3) is 2.27. The monoisotopic (exact) mass is 219 g/mol. The Morgan fingerprint density at radius 2 is 2.25 bits per heavy atom. The van der Waals surface area contributed by atoms with Gasteiger partial charge in [0.15, 0.2) is 0 Å². The van der Waals surface area contributed by atoms with Gasteiger partial charge in [-0.1, -0.05) is 0 Å². The van der Waals surface area contributed by atoms with Crippen LogP contribution in [0.25, 0.3) is 0 Å². The number of hydrogen-bond acceptors (Lipinski definition) is 2. The number of urea groups is 1. The van der Waals surface area contributed by atoms with Crippen LogP contribution in [0.5, 0.6) is 0 Å². The van der Waals surface area contributed by atoms with E-state index in [2.05, 4.69) is 10.6 Å². The van der Waals surface area contributed by atoms with Crippen molar-refractivity contribution in [1.29, 1.82) is 0 Å². The molecule has 16 heavy (non-hydrogen) atoms. The summed E-state index contributed by atoms with van der Waals surface area (Å²) in [6.45, 7) is 1.04. The maximum atomic E-state index is 11.5. The van der Waals surface area contributed by atoms with Crippen LogP contribution < -0.4 is 10.6 Å². The number of anilines is 2. The first-order valence-corrected chi connectivity index (χ1v) is 5.52. The van der Waals surface area contributed by atoms with Crippen LogP contribution in [0.1, 0.15) is 12.0 Å². The van der Waals surface area contributed by atoms with Crippen LogP contribution in [0.15, 0.2) is 18.2 Å². The fourth-order valence-corrected chi connectivity index (χ4v) is 1.79. The standard InChI is InChI=1S/C12H17N3O/c1-15(2)12(16)14-10-5-6-11-9(8-10)4-3-7-13-11/h5-6,8,13H,3-4,7H2,1-2H3,(H,14,16). The Morgan fingerprint density at radius 1 is 1.44 bits per heavy atom. The molecule has 0 radical (unpaired) electrons. The van der Waals surface area contributed by atoms with Gasteiger partial charge in [0.05, 0.1) is 0 Å². The Hall–Kier alpha value is -1.71. The number of carbonyl (C=O) groups is 1. The Bertz CT molecular complexity index is 401. The predicted octanol–water partition coefficient (Wildman–Crippen LogP) is 2.14. The second-order valence-electron chi connectivity index (χ2n) is 4.23. The second-order valence-corrected chi connectivity index (χ2v) is 4.23. The highest BCUT2D eigenvalue weighted by Gasteiger charge is 2.10. The van der Waals surface area contributed by atoms with E-state index in [1.54, 1.807) is 14.1 Å². The molecular formula is C12H17N3O. The topological polar surface area (TPSA) is 44.4 Å². The van der Waals surface area contributed by atoms with E-state index in [1.165, 1.54) is 16.2 Å². The minimum absolute atomic E-state index is 0.0938. The first-order valence-electron chi connectivity index (χ1n) is 5.52. The van der Waals surface area contributed by atoms with Crippen LogP contribution in [-0.2, 0) is 6.42 Å². The van der Waals surface area contributed by atoms with Gasteiger partial charge in [-0.2, -0.15) is 0 Å². The second kappa shape index (κ2) is 4.43.